The number of non-ortho nitro benzene ring substituents is 1. The first-order valence-corrected chi connectivity index (χ1v) is 9.62. The summed E-state index contributed by atoms with van der Waals surface area (Å²) in [5, 5.41) is 17.3. The molecule has 0 bridgehead atoms. The number of carbonyl (C=O) groups is 2. The van der Waals surface area contributed by atoms with E-state index in [4.69, 9.17) is 9.47 Å². The van der Waals surface area contributed by atoms with Gasteiger partial charge in [0.2, 0.25) is 0 Å². The van der Waals surface area contributed by atoms with E-state index < -0.39 is 16.7 Å². The zero-order chi connectivity index (χ0) is 23.8. The summed E-state index contributed by atoms with van der Waals surface area (Å²) in [6, 6.07) is 16.6. The highest BCUT2D eigenvalue weighted by atomic mass is 16.6. The van der Waals surface area contributed by atoms with E-state index in [0.717, 1.165) is 0 Å². The Morgan fingerprint density at radius 1 is 0.909 bits per heavy atom. The van der Waals surface area contributed by atoms with E-state index >= 15 is 0 Å². The number of hydrazone groups is 1. The van der Waals surface area contributed by atoms with Crippen LogP contribution in [0.25, 0.3) is 0 Å². The zero-order valence-electron chi connectivity index (χ0n) is 17.8. The standard InChI is InChI=1S/C23H20N4O6/c1-32-20-12-7-17(21(13-20)33-2)14-24-26-23(29)16-3-8-18(9-4-16)25-22(28)15-5-10-19(11-6-15)27(30)31/h3-14H,1-2H3,(H,25,28)(H,26,29)/b24-14-. The van der Waals surface area contributed by atoms with Gasteiger partial charge in [0.1, 0.15) is 11.5 Å². The normalized spacial score (nSPS) is 10.5. The number of methoxy groups -OCH3 is 2. The van der Waals surface area contributed by atoms with E-state index in [2.05, 4.69) is 15.8 Å². The van der Waals surface area contributed by atoms with Crippen molar-refractivity contribution in [3.05, 3.63) is 93.5 Å². The Bertz CT molecular complexity index is 1190. The molecular formula is C23H20N4O6. The molecule has 0 heterocycles. The van der Waals surface area contributed by atoms with Gasteiger partial charge >= 0.3 is 0 Å². The fourth-order valence-corrected chi connectivity index (χ4v) is 2.79. The van der Waals surface area contributed by atoms with E-state index in [9.17, 15) is 19.7 Å². The van der Waals surface area contributed by atoms with Crippen molar-refractivity contribution in [3.63, 3.8) is 0 Å². The molecular weight excluding hydrogens is 428 g/mol. The second-order valence-electron chi connectivity index (χ2n) is 6.64. The molecule has 0 unspecified atom stereocenters. The van der Waals surface area contributed by atoms with Gasteiger partial charge in [0.25, 0.3) is 17.5 Å². The fourth-order valence-electron chi connectivity index (χ4n) is 2.79. The number of benzene rings is 3. The maximum absolute atomic E-state index is 12.3. The molecule has 0 saturated heterocycles. The van der Waals surface area contributed by atoms with Crippen LogP contribution < -0.4 is 20.2 Å². The number of nitro groups is 1. The molecule has 0 aliphatic carbocycles. The van der Waals surface area contributed by atoms with E-state index in [-0.39, 0.29) is 11.3 Å². The lowest BCUT2D eigenvalue weighted by Gasteiger charge is -2.07. The highest BCUT2D eigenvalue weighted by molar-refractivity contribution is 6.04. The summed E-state index contributed by atoms with van der Waals surface area (Å²) < 4.78 is 10.4. The molecule has 0 aliphatic rings. The topological polar surface area (TPSA) is 132 Å². The van der Waals surface area contributed by atoms with E-state index in [1.807, 2.05) is 0 Å². The molecule has 3 rings (SSSR count). The second-order valence-corrected chi connectivity index (χ2v) is 6.64. The van der Waals surface area contributed by atoms with Crippen molar-refractivity contribution in [2.75, 3.05) is 19.5 Å². The average Bonchev–Trinajstić information content (AvgIpc) is 2.84. The molecule has 0 aromatic heterocycles. The minimum Gasteiger partial charge on any atom is -0.497 e. The molecule has 0 aliphatic heterocycles. The molecule has 10 nitrogen and oxygen atoms in total. The fraction of sp³-hybridized carbons (Fsp3) is 0.0870. The maximum atomic E-state index is 12.3. The summed E-state index contributed by atoms with van der Waals surface area (Å²) in [4.78, 5) is 34.8. The Labute approximate surface area is 189 Å². The van der Waals surface area contributed by atoms with Gasteiger partial charge in [-0.25, -0.2) is 5.43 Å². The van der Waals surface area contributed by atoms with Crippen LogP contribution in [0, 0.1) is 10.1 Å². The van der Waals surface area contributed by atoms with Crippen LogP contribution in [0.15, 0.2) is 71.8 Å². The van der Waals surface area contributed by atoms with E-state index in [1.165, 1.54) is 49.7 Å². The van der Waals surface area contributed by atoms with Crippen molar-refractivity contribution >= 4 is 29.4 Å². The first kappa shape index (κ1) is 22.9. The van der Waals surface area contributed by atoms with Gasteiger partial charge in [0, 0.05) is 40.6 Å². The number of nitrogens with zero attached hydrogens (tertiary/aromatic N) is 2. The third-order valence-electron chi connectivity index (χ3n) is 4.56. The molecule has 33 heavy (non-hydrogen) atoms. The quantitative estimate of drug-likeness (QED) is 0.307. The van der Waals surface area contributed by atoms with Gasteiger partial charge < -0.3 is 14.8 Å². The molecule has 0 saturated carbocycles. The van der Waals surface area contributed by atoms with Crippen molar-refractivity contribution in [1.29, 1.82) is 0 Å². The van der Waals surface area contributed by atoms with E-state index in [0.29, 0.717) is 28.3 Å². The van der Waals surface area contributed by atoms with Crippen LogP contribution in [0.1, 0.15) is 26.3 Å². The number of anilines is 1. The SMILES string of the molecule is COc1ccc(/C=N\NC(=O)c2ccc(NC(=O)c3ccc([N+](=O)[O-])cc3)cc2)c(OC)c1. The van der Waals surface area contributed by atoms with Crippen LogP contribution in [0.4, 0.5) is 11.4 Å². The largest absolute Gasteiger partial charge is 0.497 e. The Balaban J connectivity index is 1.59. The molecule has 2 N–H and O–H groups in total. The van der Waals surface area contributed by atoms with Crippen LogP contribution in [0.2, 0.25) is 0 Å². The molecule has 168 valence electrons. The number of carbonyl (C=O) groups excluding carboxylic acids is 2. The van der Waals surface area contributed by atoms with Crippen LogP contribution in [-0.2, 0) is 0 Å². The lowest BCUT2D eigenvalue weighted by molar-refractivity contribution is -0.384. The Morgan fingerprint density at radius 2 is 1.55 bits per heavy atom. The highest BCUT2D eigenvalue weighted by Gasteiger charge is 2.11. The van der Waals surface area contributed by atoms with Crippen molar-refractivity contribution in [3.8, 4) is 11.5 Å². The molecule has 0 fully saturated rings. The predicted octanol–water partition coefficient (Wildman–Crippen LogP) is 3.63. The molecule has 3 aromatic carbocycles. The number of nitro benzene ring substituents is 1. The Kier molecular flexibility index (Phi) is 7.32. The average molecular weight is 448 g/mol. The minimum absolute atomic E-state index is 0.102. The maximum Gasteiger partial charge on any atom is 0.271 e. The second kappa shape index (κ2) is 10.5. The van der Waals surface area contributed by atoms with Gasteiger partial charge in [-0.2, -0.15) is 5.10 Å². The molecule has 0 radical (unpaired) electrons. The van der Waals surface area contributed by atoms with Gasteiger partial charge in [0.05, 0.1) is 25.4 Å². The smallest absolute Gasteiger partial charge is 0.271 e. The van der Waals surface area contributed by atoms with Crippen LogP contribution in [0.3, 0.4) is 0 Å². The first-order chi connectivity index (χ1) is 15.9. The summed E-state index contributed by atoms with van der Waals surface area (Å²) >= 11 is 0. The van der Waals surface area contributed by atoms with Gasteiger partial charge in [-0.15, -0.1) is 0 Å². The number of hydrogen-bond donors (Lipinski definition) is 2. The monoisotopic (exact) mass is 448 g/mol. The Morgan fingerprint density at radius 3 is 2.15 bits per heavy atom. The van der Waals surface area contributed by atoms with Crippen LogP contribution in [0.5, 0.6) is 11.5 Å². The highest BCUT2D eigenvalue weighted by Crippen LogP contribution is 2.23. The van der Waals surface area contributed by atoms with Crippen molar-refractivity contribution < 1.29 is 24.0 Å². The summed E-state index contributed by atoms with van der Waals surface area (Å²) in [7, 11) is 3.07. The summed E-state index contributed by atoms with van der Waals surface area (Å²) in [5.41, 5.74) is 4.05. The number of nitrogens with one attached hydrogen (secondary N) is 2. The summed E-state index contributed by atoms with van der Waals surface area (Å²) in [6.45, 7) is 0. The lowest BCUT2D eigenvalue weighted by atomic mass is 10.1. The number of hydrogen-bond acceptors (Lipinski definition) is 7. The molecule has 2 amide bonds. The van der Waals surface area contributed by atoms with Crippen LogP contribution in [-0.4, -0.2) is 37.2 Å². The molecule has 10 heteroatoms. The molecule has 0 spiro atoms. The first-order valence-electron chi connectivity index (χ1n) is 9.62. The third-order valence-corrected chi connectivity index (χ3v) is 4.56. The van der Waals surface area contributed by atoms with Gasteiger partial charge in [-0.3, -0.25) is 19.7 Å². The predicted molar refractivity (Wildman–Crippen MR) is 122 cm³/mol. The number of rotatable bonds is 8. The number of amides is 2. The van der Waals surface area contributed by atoms with Crippen LogP contribution >= 0.6 is 0 Å². The minimum atomic E-state index is -0.539. The van der Waals surface area contributed by atoms with E-state index in [1.54, 1.807) is 37.4 Å². The molecule has 3 aromatic rings. The van der Waals surface area contributed by atoms with Crippen molar-refractivity contribution in [2.24, 2.45) is 5.10 Å². The van der Waals surface area contributed by atoms with Crippen molar-refractivity contribution in [2.45, 2.75) is 0 Å². The number of ether oxygens (including phenoxy) is 2. The van der Waals surface area contributed by atoms with Crippen molar-refractivity contribution in [1.82, 2.24) is 5.43 Å². The Hall–Kier alpha value is -4.73. The summed E-state index contributed by atoms with van der Waals surface area (Å²) in [5.74, 6) is 0.307. The molecule has 0 atom stereocenters. The summed E-state index contributed by atoms with van der Waals surface area (Å²) in [6.07, 6.45) is 1.45. The lowest BCUT2D eigenvalue weighted by Crippen LogP contribution is -2.18. The third kappa shape index (κ3) is 5.91. The van der Waals surface area contributed by atoms with Gasteiger partial charge in [-0.1, -0.05) is 0 Å². The zero-order valence-corrected chi connectivity index (χ0v) is 17.8. The van der Waals surface area contributed by atoms with Gasteiger partial charge in [-0.05, 0) is 48.5 Å². The van der Waals surface area contributed by atoms with Gasteiger partial charge in [0.15, 0.2) is 0 Å².